The number of nitrogens with one attached hydrogen (secondary N) is 1. The van der Waals surface area contributed by atoms with Crippen molar-refractivity contribution in [2.45, 2.75) is 39.0 Å². The highest BCUT2D eigenvalue weighted by Gasteiger charge is 2.55. The summed E-state index contributed by atoms with van der Waals surface area (Å²) in [5.74, 6) is -1.07. The van der Waals surface area contributed by atoms with Gasteiger partial charge < -0.3 is 4.74 Å². The van der Waals surface area contributed by atoms with E-state index in [1.807, 2.05) is 0 Å². The van der Waals surface area contributed by atoms with Gasteiger partial charge in [-0.3, -0.25) is 14.9 Å². The second kappa shape index (κ2) is 5.15. The molecule has 0 bridgehead atoms. The van der Waals surface area contributed by atoms with Gasteiger partial charge in [0.2, 0.25) is 11.8 Å². The Morgan fingerprint density at radius 1 is 1.47 bits per heavy atom. The summed E-state index contributed by atoms with van der Waals surface area (Å²) < 4.78 is 5.06. The summed E-state index contributed by atoms with van der Waals surface area (Å²) in [6.07, 6.45) is 3.75. The smallest absolute Gasteiger partial charge is 0.333 e. The van der Waals surface area contributed by atoms with Crippen molar-refractivity contribution in [1.29, 1.82) is 0 Å². The second-order valence-electron chi connectivity index (χ2n) is 5.44. The van der Waals surface area contributed by atoms with Crippen LogP contribution in [0.1, 0.15) is 39.0 Å². The maximum absolute atomic E-state index is 12.1. The predicted molar refractivity (Wildman–Crippen MR) is 67.9 cm³/mol. The third-order valence-electron chi connectivity index (χ3n) is 4.17. The fraction of sp³-hybridized carbons (Fsp3) is 0.643. The minimum atomic E-state index is -0.662. The Morgan fingerprint density at radius 3 is 2.89 bits per heavy atom. The monoisotopic (exact) mass is 265 g/mol. The van der Waals surface area contributed by atoms with Crippen LogP contribution in [-0.2, 0) is 19.1 Å². The molecular formula is C14H19NO4. The summed E-state index contributed by atoms with van der Waals surface area (Å²) in [5.41, 5.74) is -0.324. The molecule has 2 atom stereocenters. The van der Waals surface area contributed by atoms with Crippen LogP contribution in [0, 0.1) is 11.3 Å². The van der Waals surface area contributed by atoms with Crippen LogP contribution in [0.4, 0.5) is 0 Å². The Kier molecular flexibility index (Phi) is 3.73. The number of hydrogen-bond acceptors (Lipinski definition) is 4. The molecule has 0 aromatic rings. The highest BCUT2D eigenvalue weighted by Crippen LogP contribution is 2.47. The summed E-state index contributed by atoms with van der Waals surface area (Å²) in [7, 11) is 0. The molecule has 1 N–H and O–H groups in total. The molecule has 1 aliphatic heterocycles. The molecule has 1 saturated heterocycles. The zero-order chi connectivity index (χ0) is 14.0. The van der Waals surface area contributed by atoms with E-state index < -0.39 is 11.4 Å². The Labute approximate surface area is 112 Å². The molecule has 0 aromatic carbocycles. The molecule has 104 valence electrons. The lowest BCUT2D eigenvalue weighted by molar-refractivity contribution is -0.142. The van der Waals surface area contributed by atoms with Gasteiger partial charge in [0.25, 0.3) is 0 Å². The standard InChI is InChI=1S/C14H19NO4/c1-9(2)12(17)19-8-7-14-6-4-3-5-10(14)11(16)15-13(14)18/h10H,1,3-8H2,2H3,(H,15,16,18). The Bertz CT molecular complexity index is 443. The molecule has 2 aliphatic rings. The molecule has 19 heavy (non-hydrogen) atoms. The van der Waals surface area contributed by atoms with Gasteiger partial charge >= 0.3 is 5.97 Å². The molecule has 2 amide bonds. The fourth-order valence-corrected chi connectivity index (χ4v) is 3.08. The normalized spacial score (nSPS) is 29.6. The van der Waals surface area contributed by atoms with Crippen LogP contribution in [0.3, 0.4) is 0 Å². The van der Waals surface area contributed by atoms with Crippen molar-refractivity contribution in [3.63, 3.8) is 0 Å². The molecule has 0 spiro atoms. The molecular weight excluding hydrogens is 246 g/mol. The van der Waals surface area contributed by atoms with Crippen molar-refractivity contribution in [1.82, 2.24) is 5.32 Å². The number of rotatable bonds is 4. The summed E-state index contributed by atoms with van der Waals surface area (Å²) in [6, 6.07) is 0. The number of imide groups is 1. The average molecular weight is 265 g/mol. The lowest BCUT2D eigenvalue weighted by atomic mass is 9.66. The molecule has 5 heteroatoms. The third kappa shape index (κ3) is 2.41. The van der Waals surface area contributed by atoms with E-state index in [4.69, 9.17) is 4.74 Å². The maximum Gasteiger partial charge on any atom is 0.333 e. The van der Waals surface area contributed by atoms with Gasteiger partial charge in [0.1, 0.15) is 0 Å². The minimum Gasteiger partial charge on any atom is -0.462 e. The minimum absolute atomic E-state index is 0.156. The number of hydrogen-bond donors (Lipinski definition) is 1. The van der Waals surface area contributed by atoms with Gasteiger partial charge in [-0.2, -0.15) is 0 Å². The Hall–Kier alpha value is -1.65. The summed E-state index contributed by atoms with van der Waals surface area (Å²) in [5, 5.41) is 2.42. The molecule has 5 nitrogen and oxygen atoms in total. The van der Waals surface area contributed by atoms with Crippen LogP contribution in [0.15, 0.2) is 12.2 Å². The van der Waals surface area contributed by atoms with E-state index in [1.54, 1.807) is 6.92 Å². The second-order valence-corrected chi connectivity index (χ2v) is 5.44. The van der Waals surface area contributed by atoms with Gasteiger partial charge in [-0.05, 0) is 26.2 Å². The predicted octanol–water partition coefficient (Wildman–Crippen LogP) is 1.33. The van der Waals surface area contributed by atoms with Crippen LogP contribution in [0.5, 0.6) is 0 Å². The fourth-order valence-electron chi connectivity index (χ4n) is 3.08. The van der Waals surface area contributed by atoms with Crippen molar-refractivity contribution < 1.29 is 19.1 Å². The topological polar surface area (TPSA) is 72.5 Å². The first-order chi connectivity index (χ1) is 8.97. The summed E-state index contributed by atoms with van der Waals surface area (Å²) >= 11 is 0. The van der Waals surface area contributed by atoms with Gasteiger partial charge in [0.05, 0.1) is 17.9 Å². The van der Waals surface area contributed by atoms with Crippen LogP contribution < -0.4 is 5.32 Å². The lowest BCUT2D eigenvalue weighted by Gasteiger charge is -2.35. The SMILES string of the molecule is C=C(C)C(=O)OCCC12CCCCC1C(=O)NC2=O. The highest BCUT2D eigenvalue weighted by atomic mass is 16.5. The zero-order valence-electron chi connectivity index (χ0n) is 11.2. The first-order valence-corrected chi connectivity index (χ1v) is 6.65. The zero-order valence-corrected chi connectivity index (χ0v) is 11.2. The summed E-state index contributed by atoms with van der Waals surface area (Å²) in [6.45, 7) is 5.24. The van der Waals surface area contributed by atoms with Crippen LogP contribution in [0.25, 0.3) is 0 Å². The molecule has 1 saturated carbocycles. The highest BCUT2D eigenvalue weighted by molar-refractivity contribution is 6.07. The van der Waals surface area contributed by atoms with E-state index in [0.29, 0.717) is 18.4 Å². The van der Waals surface area contributed by atoms with Crippen molar-refractivity contribution in [2.75, 3.05) is 6.61 Å². The molecule has 2 unspecified atom stereocenters. The first kappa shape index (κ1) is 13.8. The van der Waals surface area contributed by atoms with Gasteiger partial charge in [0, 0.05) is 5.57 Å². The number of carbonyl (C=O) groups excluding carboxylic acids is 3. The molecule has 0 radical (unpaired) electrons. The number of fused-ring (bicyclic) bond motifs is 1. The van der Waals surface area contributed by atoms with Crippen LogP contribution >= 0.6 is 0 Å². The maximum atomic E-state index is 12.1. The third-order valence-corrected chi connectivity index (χ3v) is 4.17. The van der Waals surface area contributed by atoms with E-state index in [-0.39, 0.29) is 24.3 Å². The Balaban J connectivity index is 2.03. The van der Waals surface area contributed by atoms with Gasteiger partial charge in [-0.15, -0.1) is 0 Å². The molecule has 0 aromatic heterocycles. The van der Waals surface area contributed by atoms with E-state index in [2.05, 4.69) is 11.9 Å². The molecule has 1 aliphatic carbocycles. The Morgan fingerprint density at radius 2 is 2.21 bits per heavy atom. The largest absolute Gasteiger partial charge is 0.462 e. The first-order valence-electron chi connectivity index (χ1n) is 6.65. The lowest BCUT2D eigenvalue weighted by Crippen LogP contribution is -2.38. The van der Waals surface area contributed by atoms with E-state index in [0.717, 1.165) is 19.3 Å². The van der Waals surface area contributed by atoms with E-state index >= 15 is 0 Å². The molecule has 1 heterocycles. The van der Waals surface area contributed by atoms with Crippen LogP contribution in [-0.4, -0.2) is 24.4 Å². The summed E-state index contributed by atoms with van der Waals surface area (Å²) in [4.78, 5) is 35.2. The van der Waals surface area contributed by atoms with E-state index in [9.17, 15) is 14.4 Å². The number of carbonyl (C=O) groups is 3. The van der Waals surface area contributed by atoms with Crippen molar-refractivity contribution in [3.05, 3.63) is 12.2 Å². The number of esters is 1. The van der Waals surface area contributed by atoms with Gasteiger partial charge in [-0.1, -0.05) is 19.4 Å². The average Bonchev–Trinajstić information content (AvgIpc) is 2.62. The van der Waals surface area contributed by atoms with Crippen molar-refractivity contribution in [2.24, 2.45) is 11.3 Å². The van der Waals surface area contributed by atoms with E-state index in [1.165, 1.54) is 0 Å². The van der Waals surface area contributed by atoms with Crippen molar-refractivity contribution in [3.8, 4) is 0 Å². The van der Waals surface area contributed by atoms with Gasteiger partial charge in [0.15, 0.2) is 0 Å². The number of amides is 2. The number of ether oxygens (including phenoxy) is 1. The molecule has 2 rings (SSSR count). The van der Waals surface area contributed by atoms with Gasteiger partial charge in [-0.25, -0.2) is 4.79 Å². The molecule has 2 fully saturated rings. The van der Waals surface area contributed by atoms with Crippen molar-refractivity contribution >= 4 is 17.8 Å². The van der Waals surface area contributed by atoms with Crippen LogP contribution in [0.2, 0.25) is 0 Å². The quantitative estimate of drug-likeness (QED) is 0.473.